The summed E-state index contributed by atoms with van der Waals surface area (Å²) in [6.07, 6.45) is 7.09. The highest BCUT2D eigenvalue weighted by Crippen LogP contribution is 2.24. The van der Waals surface area contributed by atoms with Crippen LogP contribution in [0.3, 0.4) is 0 Å². The van der Waals surface area contributed by atoms with Gasteiger partial charge in [0.15, 0.2) is 0 Å². The van der Waals surface area contributed by atoms with Crippen LogP contribution < -0.4 is 0 Å². The van der Waals surface area contributed by atoms with Crippen molar-refractivity contribution in [2.45, 2.75) is 37.2 Å². The maximum Gasteiger partial charge on any atom is 0.0160 e. The predicted octanol–water partition coefficient (Wildman–Crippen LogP) is 3.27. The second kappa shape index (κ2) is 6.41. The Morgan fingerprint density at radius 3 is 2.10 bits per heavy atom. The van der Waals surface area contributed by atoms with Gasteiger partial charge >= 0.3 is 0 Å². The van der Waals surface area contributed by atoms with Crippen LogP contribution in [-0.4, -0.2) is 23.0 Å². The minimum absolute atomic E-state index is 0.815. The normalized spacial score (nSPS) is 16.8. The Balaban J connectivity index is 3.56. The fourth-order valence-electron chi connectivity index (χ4n) is 0.980. The lowest BCUT2D eigenvalue weighted by molar-refractivity contribution is 0.732. The van der Waals surface area contributed by atoms with E-state index in [4.69, 9.17) is 0 Å². The first-order valence-electron chi connectivity index (χ1n) is 3.81. The molecule has 0 aromatic carbocycles. The van der Waals surface area contributed by atoms with Crippen molar-refractivity contribution in [3.05, 3.63) is 0 Å². The van der Waals surface area contributed by atoms with E-state index >= 15 is 0 Å². The Hall–Kier alpha value is 0.700. The summed E-state index contributed by atoms with van der Waals surface area (Å²) in [4.78, 5) is 0. The summed E-state index contributed by atoms with van der Waals surface area (Å²) in [5.41, 5.74) is 0. The first-order valence-corrected chi connectivity index (χ1v) is 6.39. The summed E-state index contributed by atoms with van der Waals surface area (Å²) < 4.78 is 0. The molecule has 0 bridgehead atoms. The van der Waals surface area contributed by atoms with Crippen LogP contribution in [-0.2, 0) is 0 Å². The molecule has 0 saturated carbocycles. The van der Waals surface area contributed by atoms with E-state index in [1.165, 1.54) is 12.8 Å². The Labute approximate surface area is 73.5 Å². The van der Waals surface area contributed by atoms with E-state index < -0.39 is 0 Å². The van der Waals surface area contributed by atoms with Crippen LogP contribution in [0.5, 0.6) is 0 Å². The lowest BCUT2D eigenvalue weighted by Crippen LogP contribution is -2.15. The SMILES string of the molecule is CCCC(SC)C(C)SC. The molecule has 0 N–H and O–H groups in total. The molecule has 2 unspecified atom stereocenters. The van der Waals surface area contributed by atoms with Gasteiger partial charge in [0.2, 0.25) is 0 Å². The molecule has 0 heterocycles. The molecular formula is C8H18S2. The minimum atomic E-state index is 0.815. The van der Waals surface area contributed by atoms with E-state index in [1.807, 2.05) is 23.5 Å². The molecule has 0 aliphatic rings. The van der Waals surface area contributed by atoms with Crippen LogP contribution in [0.15, 0.2) is 0 Å². The number of hydrogen-bond acceptors (Lipinski definition) is 2. The van der Waals surface area contributed by atoms with Crippen molar-refractivity contribution in [1.29, 1.82) is 0 Å². The summed E-state index contributed by atoms with van der Waals surface area (Å²) in [6, 6.07) is 0. The molecule has 2 heteroatoms. The van der Waals surface area contributed by atoms with E-state index in [0.29, 0.717) is 0 Å². The molecule has 0 amide bonds. The standard InChI is InChI=1S/C8H18S2/c1-5-6-8(10-4)7(2)9-3/h7-8H,5-6H2,1-4H3. The van der Waals surface area contributed by atoms with Crippen molar-refractivity contribution in [3.8, 4) is 0 Å². The van der Waals surface area contributed by atoms with Gasteiger partial charge in [0.25, 0.3) is 0 Å². The van der Waals surface area contributed by atoms with E-state index in [0.717, 1.165) is 10.5 Å². The monoisotopic (exact) mass is 178 g/mol. The van der Waals surface area contributed by atoms with Gasteiger partial charge in [-0.2, -0.15) is 23.5 Å². The van der Waals surface area contributed by atoms with Crippen LogP contribution in [0.4, 0.5) is 0 Å². The highest BCUT2D eigenvalue weighted by molar-refractivity contribution is 8.03. The summed E-state index contributed by atoms with van der Waals surface area (Å²) in [6.45, 7) is 4.58. The first-order chi connectivity index (χ1) is 4.76. The molecule has 0 aromatic rings. The largest absolute Gasteiger partial charge is 0.161 e. The smallest absolute Gasteiger partial charge is 0.0160 e. The third kappa shape index (κ3) is 3.77. The van der Waals surface area contributed by atoms with Crippen molar-refractivity contribution in [1.82, 2.24) is 0 Å². The van der Waals surface area contributed by atoms with Gasteiger partial charge in [-0.05, 0) is 18.9 Å². The fourth-order valence-corrected chi connectivity index (χ4v) is 2.94. The molecule has 0 aliphatic carbocycles. The highest BCUT2D eigenvalue weighted by atomic mass is 32.2. The molecule has 0 rings (SSSR count). The zero-order valence-corrected chi connectivity index (χ0v) is 9.02. The molecular weight excluding hydrogens is 160 g/mol. The van der Waals surface area contributed by atoms with E-state index in [1.54, 1.807) is 0 Å². The minimum Gasteiger partial charge on any atom is -0.161 e. The Kier molecular flexibility index (Phi) is 6.86. The van der Waals surface area contributed by atoms with E-state index in [9.17, 15) is 0 Å². The second-order valence-corrected chi connectivity index (χ2v) is 4.80. The van der Waals surface area contributed by atoms with Gasteiger partial charge < -0.3 is 0 Å². The summed E-state index contributed by atoms with van der Waals surface area (Å²) >= 11 is 3.98. The lowest BCUT2D eigenvalue weighted by Gasteiger charge is -2.19. The van der Waals surface area contributed by atoms with Gasteiger partial charge in [0.05, 0.1) is 0 Å². The summed E-state index contributed by atoms with van der Waals surface area (Å²) in [5.74, 6) is 0. The Bertz CT molecular complexity index is 73.7. The Morgan fingerprint density at radius 1 is 1.20 bits per heavy atom. The molecule has 0 aliphatic heterocycles. The topological polar surface area (TPSA) is 0 Å². The van der Waals surface area contributed by atoms with Crippen LogP contribution in [0.1, 0.15) is 26.7 Å². The van der Waals surface area contributed by atoms with Crippen molar-refractivity contribution >= 4 is 23.5 Å². The van der Waals surface area contributed by atoms with Gasteiger partial charge in [-0.1, -0.05) is 20.3 Å². The molecule has 0 saturated heterocycles. The number of thioether (sulfide) groups is 2. The van der Waals surface area contributed by atoms with Crippen LogP contribution >= 0.6 is 23.5 Å². The predicted molar refractivity (Wildman–Crippen MR) is 55.2 cm³/mol. The van der Waals surface area contributed by atoms with Crippen LogP contribution in [0.25, 0.3) is 0 Å². The maximum absolute atomic E-state index is 2.32. The van der Waals surface area contributed by atoms with Crippen molar-refractivity contribution < 1.29 is 0 Å². The van der Waals surface area contributed by atoms with Gasteiger partial charge in [0, 0.05) is 10.5 Å². The van der Waals surface area contributed by atoms with Gasteiger partial charge in [-0.3, -0.25) is 0 Å². The lowest BCUT2D eigenvalue weighted by atomic mass is 10.2. The zero-order valence-electron chi connectivity index (χ0n) is 7.39. The van der Waals surface area contributed by atoms with Gasteiger partial charge in [0.1, 0.15) is 0 Å². The average molecular weight is 178 g/mol. The number of hydrogen-bond donors (Lipinski definition) is 0. The van der Waals surface area contributed by atoms with Crippen molar-refractivity contribution in [2.24, 2.45) is 0 Å². The first kappa shape index (κ1) is 10.7. The summed E-state index contributed by atoms with van der Waals surface area (Å²) in [5, 5.41) is 1.68. The third-order valence-electron chi connectivity index (χ3n) is 1.77. The molecule has 0 radical (unpaired) electrons. The maximum atomic E-state index is 2.32. The molecule has 62 valence electrons. The van der Waals surface area contributed by atoms with Crippen molar-refractivity contribution in [3.63, 3.8) is 0 Å². The zero-order chi connectivity index (χ0) is 7.98. The summed E-state index contributed by atoms with van der Waals surface area (Å²) in [7, 11) is 0. The quantitative estimate of drug-likeness (QED) is 0.634. The molecule has 10 heavy (non-hydrogen) atoms. The second-order valence-electron chi connectivity index (χ2n) is 2.50. The fraction of sp³-hybridized carbons (Fsp3) is 1.00. The molecule has 0 fully saturated rings. The van der Waals surface area contributed by atoms with E-state index in [2.05, 4.69) is 26.4 Å². The molecule has 2 atom stereocenters. The van der Waals surface area contributed by atoms with E-state index in [-0.39, 0.29) is 0 Å². The molecule has 0 nitrogen and oxygen atoms in total. The van der Waals surface area contributed by atoms with Crippen LogP contribution in [0, 0.1) is 0 Å². The highest BCUT2D eigenvalue weighted by Gasteiger charge is 2.12. The third-order valence-corrected chi connectivity index (χ3v) is 4.27. The van der Waals surface area contributed by atoms with Gasteiger partial charge in [-0.15, -0.1) is 0 Å². The molecule has 0 aromatic heterocycles. The average Bonchev–Trinajstić information content (AvgIpc) is 1.99. The Morgan fingerprint density at radius 2 is 1.80 bits per heavy atom. The number of rotatable bonds is 5. The van der Waals surface area contributed by atoms with Crippen molar-refractivity contribution in [2.75, 3.05) is 12.5 Å². The molecule has 0 spiro atoms. The van der Waals surface area contributed by atoms with Gasteiger partial charge in [-0.25, -0.2) is 0 Å². The van der Waals surface area contributed by atoms with Crippen LogP contribution in [0.2, 0.25) is 0 Å².